The van der Waals surface area contributed by atoms with Gasteiger partial charge in [0.2, 0.25) is 0 Å². The maximum Gasteiger partial charge on any atom is 0.129 e. The fourth-order valence-corrected chi connectivity index (χ4v) is 2.73. The molecule has 3 rings (SSSR count). The molecule has 0 spiro atoms. The summed E-state index contributed by atoms with van der Waals surface area (Å²) in [4.78, 5) is 4.75. The summed E-state index contributed by atoms with van der Waals surface area (Å²) in [6.45, 7) is 8.13. The van der Waals surface area contributed by atoms with E-state index in [0.717, 1.165) is 24.4 Å². The van der Waals surface area contributed by atoms with Crippen LogP contribution in [0.25, 0.3) is 11.0 Å². The molecule has 2 aromatic carbocycles. The van der Waals surface area contributed by atoms with E-state index in [1.54, 1.807) is 0 Å². The minimum Gasteiger partial charge on any atom is -0.378 e. The van der Waals surface area contributed by atoms with Gasteiger partial charge in [0, 0.05) is 12.2 Å². The Balaban J connectivity index is 1.90. The average molecular weight is 279 g/mol. The fraction of sp³-hybridized carbons (Fsp3) is 0.278. The number of imidazole rings is 1. The van der Waals surface area contributed by atoms with Crippen LogP contribution in [-0.2, 0) is 13.1 Å². The van der Waals surface area contributed by atoms with Gasteiger partial charge in [-0.25, -0.2) is 4.98 Å². The van der Waals surface area contributed by atoms with Crippen molar-refractivity contribution >= 4 is 16.7 Å². The lowest BCUT2D eigenvalue weighted by molar-refractivity contribution is 0.728. The second-order valence-corrected chi connectivity index (χ2v) is 5.36. The first-order chi connectivity index (χ1) is 10.2. The van der Waals surface area contributed by atoms with Gasteiger partial charge in [-0.1, -0.05) is 24.3 Å². The molecule has 0 atom stereocenters. The molecule has 3 nitrogen and oxygen atoms in total. The smallest absolute Gasteiger partial charge is 0.129 e. The van der Waals surface area contributed by atoms with Crippen molar-refractivity contribution in [3.8, 4) is 0 Å². The molecular formula is C18H21N3. The summed E-state index contributed by atoms with van der Waals surface area (Å²) in [5, 5.41) is 3.52. The van der Waals surface area contributed by atoms with Crippen molar-refractivity contribution in [2.75, 3.05) is 5.32 Å². The zero-order chi connectivity index (χ0) is 14.8. The lowest BCUT2D eigenvalue weighted by Crippen LogP contribution is -2.08. The summed E-state index contributed by atoms with van der Waals surface area (Å²) < 4.78 is 2.27. The topological polar surface area (TPSA) is 29.9 Å². The number of anilines is 1. The van der Waals surface area contributed by atoms with Crippen molar-refractivity contribution in [2.24, 2.45) is 0 Å². The zero-order valence-electron chi connectivity index (χ0n) is 12.9. The fourth-order valence-electron chi connectivity index (χ4n) is 2.73. The summed E-state index contributed by atoms with van der Waals surface area (Å²) in [6, 6.07) is 14.7. The Morgan fingerprint density at radius 3 is 2.67 bits per heavy atom. The largest absolute Gasteiger partial charge is 0.378 e. The first kappa shape index (κ1) is 13.7. The van der Waals surface area contributed by atoms with Crippen LogP contribution in [0.1, 0.15) is 23.9 Å². The van der Waals surface area contributed by atoms with Crippen LogP contribution in [0.15, 0.2) is 42.5 Å². The number of fused-ring (bicyclic) bond motifs is 1. The summed E-state index contributed by atoms with van der Waals surface area (Å²) in [5.74, 6) is 1.08. The van der Waals surface area contributed by atoms with E-state index >= 15 is 0 Å². The maximum atomic E-state index is 4.75. The van der Waals surface area contributed by atoms with E-state index in [4.69, 9.17) is 4.98 Å². The zero-order valence-corrected chi connectivity index (χ0v) is 12.9. The van der Waals surface area contributed by atoms with Gasteiger partial charge >= 0.3 is 0 Å². The van der Waals surface area contributed by atoms with Crippen molar-refractivity contribution in [3.63, 3.8) is 0 Å². The number of aromatic nitrogens is 2. The number of nitrogens with one attached hydrogen (secondary N) is 1. The van der Waals surface area contributed by atoms with Gasteiger partial charge in [0.25, 0.3) is 0 Å². The molecule has 1 N–H and O–H groups in total. The Morgan fingerprint density at radius 2 is 1.86 bits per heavy atom. The van der Waals surface area contributed by atoms with E-state index < -0.39 is 0 Å². The minimum absolute atomic E-state index is 0.743. The van der Waals surface area contributed by atoms with Crippen LogP contribution in [0.2, 0.25) is 0 Å². The first-order valence-corrected chi connectivity index (χ1v) is 7.45. The van der Waals surface area contributed by atoms with Gasteiger partial charge in [0.15, 0.2) is 0 Å². The number of benzene rings is 2. The van der Waals surface area contributed by atoms with E-state index in [9.17, 15) is 0 Å². The van der Waals surface area contributed by atoms with Crippen molar-refractivity contribution in [1.82, 2.24) is 9.55 Å². The third kappa shape index (κ3) is 2.51. The third-order valence-electron chi connectivity index (χ3n) is 4.09. The molecule has 0 aliphatic rings. The highest BCUT2D eigenvalue weighted by Gasteiger charge is 2.09. The minimum atomic E-state index is 0.743. The van der Waals surface area contributed by atoms with Gasteiger partial charge in [0.1, 0.15) is 5.82 Å². The Hall–Kier alpha value is -2.29. The average Bonchev–Trinajstić information content (AvgIpc) is 2.86. The second-order valence-electron chi connectivity index (χ2n) is 5.36. The molecule has 0 aliphatic carbocycles. The molecule has 1 heterocycles. The first-order valence-electron chi connectivity index (χ1n) is 7.45. The molecule has 0 saturated carbocycles. The number of nitrogens with zero attached hydrogens (tertiary/aromatic N) is 2. The summed E-state index contributed by atoms with van der Waals surface area (Å²) in [6.07, 6.45) is 0. The molecule has 0 bridgehead atoms. The lowest BCUT2D eigenvalue weighted by atomic mass is 10.1. The van der Waals surface area contributed by atoms with Gasteiger partial charge in [-0.15, -0.1) is 0 Å². The summed E-state index contributed by atoms with van der Waals surface area (Å²) >= 11 is 0. The van der Waals surface area contributed by atoms with E-state index in [-0.39, 0.29) is 0 Å². The number of hydrogen-bond donors (Lipinski definition) is 1. The maximum absolute atomic E-state index is 4.75. The highest BCUT2D eigenvalue weighted by molar-refractivity contribution is 5.76. The molecule has 0 saturated heterocycles. The Labute approximate surface area is 125 Å². The molecule has 0 radical (unpaired) electrons. The molecule has 0 amide bonds. The monoisotopic (exact) mass is 279 g/mol. The van der Waals surface area contributed by atoms with Crippen molar-refractivity contribution in [3.05, 3.63) is 59.4 Å². The van der Waals surface area contributed by atoms with Gasteiger partial charge in [-0.2, -0.15) is 0 Å². The molecule has 3 heteroatoms. The predicted molar refractivity (Wildman–Crippen MR) is 88.6 cm³/mol. The van der Waals surface area contributed by atoms with E-state index in [0.29, 0.717) is 0 Å². The third-order valence-corrected chi connectivity index (χ3v) is 4.09. The molecule has 108 valence electrons. The summed E-state index contributed by atoms with van der Waals surface area (Å²) in [5.41, 5.74) is 6.07. The van der Waals surface area contributed by atoms with Gasteiger partial charge in [-0.3, -0.25) is 0 Å². The molecule has 21 heavy (non-hydrogen) atoms. The van der Waals surface area contributed by atoms with E-state index in [1.807, 2.05) is 6.07 Å². The molecule has 0 aliphatic heterocycles. The Bertz CT molecular complexity index is 771. The molecule has 3 aromatic rings. The van der Waals surface area contributed by atoms with E-state index in [1.165, 1.54) is 22.3 Å². The Kier molecular flexibility index (Phi) is 3.65. The quantitative estimate of drug-likeness (QED) is 0.772. The number of para-hydroxylation sites is 2. The normalized spacial score (nSPS) is 11.0. The van der Waals surface area contributed by atoms with E-state index in [2.05, 4.69) is 67.1 Å². The molecule has 1 aromatic heterocycles. The molecular weight excluding hydrogens is 258 g/mol. The van der Waals surface area contributed by atoms with Gasteiger partial charge < -0.3 is 9.88 Å². The van der Waals surface area contributed by atoms with Crippen LogP contribution >= 0.6 is 0 Å². The summed E-state index contributed by atoms with van der Waals surface area (Å²) in [7, 11) is 0. The van der Waals surface area contributed by atoms with Crippen molar-refractivity contribution in [1.29, 1.82) is 0 Å². The van der Waals surface area contributed by atoms with Crippen molar-refractivity contribution < 1.29 is 0 Å². The van der Waals surface area contributed by atoms with Crippen LogP contribution in [0.4, 0.5) is 5.69 Å². The van der Waals surface area contributed by atoms with Crippen LogP contribution in [-0.4, -0.2) is 9.55 Å². The van der Waals surface area contributed by atoms with Crippen LogP contribution in [0.5, 0.6) is 0 Å². The number of hydrogen-bond acceptors (Lipinski definition) is 2. The number of rotatable bonds is 4. The molecule has 0 unspecified atom stereocenters. The van der Waals surface area contributed by atoms with Crippen LogP contribution < -0.4 is 5.32 Å². The van der Waals surface area contributed by atoms with Crippen molar-refractivity contribution in [2.45, 2.75) is 33.9 Å². The van der Waals surface area contributed by atoms with Gasteiger partial charge in [-0.05, 0) is 50.1 Å². The number of aryl methyl sites for hydroxylation is 2. The van der Waals surface area contributed by atoms with Gasteiger partial charge in [0.05, 0.1) is 17.6 Å². The van der Waals surface area contributed by atoms with Crippen LogP contribution in [0, 0.1) is 13.8 Å². The second kappa shape index (κ2) is 5.60. The lowest BCUT2D eigenvalue weighted by Gasteiger charge is -2.12. The highest BCUT2D eigenvalue weighted by atomic mass is 15.1. The van der Waals surface area contributed by atoms with Crippen LogP contribution in [0.3, 0.4) is 0 Å². The Morgan fingerprint density at radius 1 is 1.05 bits per heavy atom. The predicted octanol–water partition coefficient (Wildman–Crippen LogP) is 4.29. The standard InChI is InChI=1S/C18H21N3/c1-4-21-17-11-6-5-9-16(17)20-18(21)12-19-15-10-7-8-13(2)14(15)3/h5-11,19H,4,12H2,1-3H3. The molecule has 0 fully saturated rings. The SMILES string of the molecule is CCn1c(CNc2cccc(C)c2C)nc2ccccc21. The highest BCUT2D eigenvalue weighted by Crippen LogP contribution is 2.20.